The van der Waals surface area contributed by atoms with Crippen LogP contribution in [0, 0.1) is 5.41 Å². The summed E-state index contributed by atoms with van der Waals surface area (Å²) in [6.45, 7) is 5.45. The summed E-state index contributed by atoms with van der Waals surface area (Å²) in [6.07, 6.45) is 0.0854. The van der Waals surface area contributed by atoms with Gasteiger partial charge in [-0.05, 0) is 24.3 Å². The van der Waals surface area contributed by atoms with Gasteiger partial charge in [0.1, 0.15) is 18.0 Å². The molecule has 3 aromatic rings. The molecule has 0 fully saturated rings. The molecule has 12 heteroatoms. The van der Waals surface area contributed by atoms with Crippen LogP contribution < -0.4 is 14.4 Å². The van der Waals surface area contributed by atoms with Crippen LogP contribution in [0.5, 0.6) is 11.5 Å². The molecule has 0 aliphatic carbocycles. The lowest BCUT2D eigenvalue weighted by molar-refractivity contribution is -0.144. The van der Waals surface area contributed by atoms with Gasteiger partial charge < -0.3 is 33.0 Å². The molecule has 0 bridgehead atoms. The molecule has 1 aliphatic rings. The maximum absolute atomic E-state index is 14.4. The molecule has 1 aromatic heterocycles. The largest absolute Gasteiger partial charge is 0.493 e. The van der Waals surface area contributed by atoms with E-state index < -0.39 is 23.6 Å². The van der Waals surface area contributed by atoms with E-state index >= 15 is 0 Å². The zero-order chi connectivity index (χ0) is 32.0. The number of halogens is 1. The highest BCUT2D eigenvalue weighted by molar-refractivity contribution is 6.30. The Morgan fingerprint density at radius 2 is 1.86 bits per heavy atom. The molecule has 0 saturated carbocycles. The summed E-state index contributed by atoms with van der Waals surface area (Å²) in [5.74, 6) is 0.556. The summed E-state index contributed by atoms with van der Waals surface area (Å²) in [6, 6.07) is 10.7. The van der Waals surface area contributed by atoms with Gasteiger partial charge in [-0.2, -0.15) is 0 Å². The summed E-state index contributed by atoms with van der Waals surface area (Å²) in [5.41, 5.74) is 1.22. The van der Waals surface area contributed by atoms with Gasteiger partial charge in [-0.3, -0.25) is 14.4 Å². The fourth-order valence-electron chi connectivity index (χ4n) is 5.04. The number of aryl methyl sites for hydroxylation is 1. The smallest absolute Gasteiger partial charge is 0.305 e. The van der Waals surface area contributed by atoms with Gasteiger partial charge in [0.25, 0.3) is 5.91 Å². The Balaban J connectivity index is 1.80. The van der Waals surface area contributed by atoms with Crippen LogP contribution >= 0.6 is 11.6 Å². The predicted molar refractivity (Wildman–Crippen MR) is 161 cm³/mol. The number of anilines is 1. The topological polar surface area (TPSA) is 127 Å². The Kier molecular flexibility index (Phi) is 10.5. The first-order valence-electron chi connectivity index (χ1n) is 14.1. The Labute approximate surface area is 261 Å². The van der Waals surface area contributed by atoms with Crippen molar-refractivity contribution < 1.29 is 42.5 Å². The van der Waals surface area contributed by atoms with Crippen LogP contribution in [-0.2, 0) is 41.4 Å². The van der Waals surface area contributed by atoms with Crippen molar-refractivity contribution in [3.63, 3.8) is 0 Å². The minimum absolute atomic E-state index is 0.00242. The number of esters is 2. The Bertz CT molecular complexity index is 1500. The molecule has 2 heterocycles. The Morgan fingerprint density at radius 3 is 2.55 bits per heavy atom. The molecule has 2 aromatic carbocycles. The highest BCUT2D eigenvalue weighted by Crippen LogP contribution is 2.45. The predicted octanol–water partition coefficient (Wildman–Crippen LogP) is 5.10. The van der Waals surface area contributed by atoms with E-state index in [1.165, 1.54) is 27.3 Å². The van der Waals surface area contributed by atoms with E-state index in [0.717, 1.165) is 0 Å². The molecule has 0 unspecified atom stereocenters. The summed E-state index contributed by atoms with van der Waals surface area (Å²) >= 11 is 6.52. The van der Waals surface area contributed by atoms with E-state index in [-0.39, 0.29) is 43.8 Å². The zero-order valence-electron chi connectivity index (χ0n) is 25.7. The molecule has 44 heavy (non-hydrogen) atoms. The van der Waals surface area contributed by atoms with Crippen LogP contribution in [-0.4, -0.2) is 63.4 Å². The highest BCUT2D eigenvalue weighted by atomic mass is 35.5. The number of amides is 1. The minimum Gasteiger partial charge on any atom is -0.493 e. The van der Waals surface area contributed by atoms with Crippen molar-refractivity contribution in [2.24, 2.45) is 5.41 Å². The first kappa shape index (κ1) is 32.8. The highest BCUT2D eigenvalue weighted by Gasteiger charge is 2.41. The third-order valence-electron chi connectivity index (χ3n) is 7.14. The van der Waals surface area contributed by atoms with Crippen molar-refractivity contribution in [1.82, 2.24) is 4.98 Å². The van der Waals surface area contributed by atoms with Crippen molar-refractivity contribution in [2.45, 2.75) is 52.2 Å². The SMILES string of the molecule is COC(=O)CCc1cnc(C[C@H]2O[C@H](c3cccc(OC)c3OC)c3cc(Cl)ccc3N(CC(C)(C)COC(C)=O)C2=O)o1. The fraction of sp³-hybridized carbons (Fsp3) is 0.438. The second-order valence-electron chi connectivity index (χ2n) is 11.2. The van der Waals surface area contributed by atoms with Gasteiger partial charge in [0.2, 0.25) is 0 Å². The molecule has 1 amide bonds. The zero-order valence-corrected chi connectivity index (χ0v) is 26.4. The Morgan fingerprint density at radius 1 is 1.09 bits per heavy atom. The number of carbonyl (C=O) groups is 3. The fourth-order valence-corrected chi connectivity index (χ4v) is 5.22. The van der Waals surface area contributed by atoms with E-state index in [4.69, 9.17) is 39.7 Å². The summed E-state index contributed by atoms with van der Waals surface area (Å²) in [5, 5.41) is 0.451. The van der Waals surface area contributed by atoms with Gasteiger partial charge in [0.05, 0.1) is 47.0 Å². The third-order valence-corrected chi connectivity index (χ3v) is 7.37. The van der Waals surface area contributed by atoms with Crippen molar-refractivity contribution in [1.29, 1.82) is 0 Å². The number of oxazole rings is 1. The van der Waals surface area contributed by atoms with Crippen LogP contribution in [0.25, 0.3) is 0 Å². The third kappa shape index (κ3) is 7.70. The van der Waals surface area contributed by atoms with Gasteiger partial charge in [0, 0.05) is 47.1 Å². The second-order valence-corrected chi connectivity index (χ2v) is 11.6. The number of methoxy groups -OCH3 is 3. The van der Waals surface area contributed by atoms with Crippen LogP contribution in [0.1, 0.15) is 56.1 Å². The Hall–Kier alpha value is -4.09. The standard InChI is InChI=1S/C32H37ClN2O9/c1-19(36)42-18-32(2,3)17-35-24-12-10-20(33)14-23(24)29(22-8-7-9-25(39-4)30(22)41-6)44-26(31(35)38)15-27-34-16-21(43-27)11-13-28(37)40-5/h7-10,12,14,16,26,29H,11,13,15,17-18H2,1-6H3/t26-,29-/m1/s1. The summed E-state index contributed by atoms with van der Waals surface area (Å²) in [7, 11) is 4.40. The van der Waals surface area contributed by atoms with Crippen molar-refractivity contribution in [3.8, 4) is 11.5 Å². The maximum atomic E-state index is 14.4. The van der Waals surface area contributed by atoms with E-state index in [1.807, 2.05) is 26.0 Å². The van der Waals surface area contributed by atoms with Crippen molar-refractivity contribution in [3.05, 3.63) is 70.4 Å². The maximum Gasteiger partial charge on any atom is 0.305 e. The summed E-state index contributed by atoms with van der Waals surface area (Å²) < 4.78 is 33.9. The van der Waals surface area contributed by atoms with Gasteiger partial charge in [-0.25, -0.2) is 4.98 Å². The molecule has 236 valence electrons. The van der Waals surface area contributed by atoms with Crippen LogP contribution in [0.3, 0.4) is 0 Å². The molecule has 4 rings (SSSR count). The number of nitrogens with zero attached hydrogens (tertiary/aromatic N) is 2. The summed E-state index contributed by atoms with van der Waals surface area (Å²) in [4.78, 5) is 43.6. The molecule has 0 spiro atoms. The first-order chi connectivity index (χ1) is 21.0. The van der Waals surface area contributed by atoms with E-state index in [9.17, 15) is 14.4 Å². The average molecular weight is 629 g/mol. The molecular weight excluding hydrogens is 592 g/mol. The van der Waals surface area contributed by atoms with Gasteiger partial charge in [-0.1, -0.05) is 37.6 Å². The monoisotopic (exact) mass is 628 g/mol. The van der Waals surface area contributed by atoms with Crippen LogP contribution in [0.4, 0.5) is 5.69 Å². The number of rotatable bonds is 12. The number of para-hydroxylation sites is 1. The number of hydrogen-bond acceptors (Lipinski definition) is 10. The number of aromatic nitrogens is 1. The van der Waals surface area contributed by atoms with Gasteiger partial charge in [-0.15, -0.1) is 0 Å². The molecule has 0 radical (unpaired) electrons. The van der Waals surface area contributed by atoms with Gasteiger partial charge in [0.15, 0.2) is 17.4 Å². The molecular formula is C32H37ClN2O9. The normalized spacial score (nSPS) is 16.6. The second kappa shape index (κ2) is 14.1. The average Bonchev–Trinajstić information content (AvgIpc) is 3.42. The minimum atomic E-state index is -1.06. The number of ether oxygens (including phenoxy) is 5. The van der Waals surface area contributed by atoms with E-state index in [2.05, 4.69) is 4.98 Å². The molecule has 0 saturated heterocycles. The lowest BCUT2D eigenvalue weighted by Crippen LogP contribution is -2.46. The molecule has 2 atom stereocenters. The lowest BCUT2D eigenvalue weighted by Gasteiger charge is -2.33. The number of fused-ring (bicyclic) bond motifs is 1. The quantitative estimate of drug-likeness (QED) is 0.250. The number of carbonyl (C=O) groups excluding carboxylic acids is 3. The van der Waals surface area contributed by atoms with E-state index in [1.54, 1.807) is 36.3 Å². The first-order valence-corrected chi connectivity index (χ1v) is 14.4. The molecule has 1 aliphatic heterocycles. The van der Waals surface area contributed by atoms with Crippen molar-refractivity contribution >= 4 is 35.1 Å². The van der Waals surface area contributed by atoms with Gasteiger partial charge >= 0.3 is 11.9 Å². The van der Waals surface area contributed by atoms with Crippen LogP contribution in [0.15, 0.2) is 47.0 Å². The molecule has 11 nitrogen and oxygen atoms in total. The van der Waals surface area contributed by atoms with Crippen LogP contribution in [0.2, 0.25) is 5.02 Å². The lowest BCUT2D eigenvalue weighted by atomic mass is 9.92. The number of benzene rings is 2. The van der Waals surface area contributed by atoms with E-state index in [0.29, 0.717) is 45.5 Å². The number of hydrogen-bond donors (Lipinski definition) is 0. The van der Waals surface area contributed by atoms with Crippen molar-refractivity contribution in [2.75, 3.05) is 39.4 Å². The molecule has 0 N–H and O–H groups in total.